The highest BCUT2D eigenvalue weighted by Crippen LogP contribution is 2.38. The number of hydrogen-bond donors (Lipinski definition) is 2. The number of carbonyl (C=O) groups is 1. The van der Waals surface area contributed by atoms with Gasteiger partial charge < -0.3 is 10.4 Å². The van der Waals surface area contributed by atoms with Crippen molar-refractivity contribution in [2.24, 2.45) is 0 Å². The number of nitrogens with one attached hydrogen (secondary N) is 1. The predicted molar refractivity (Wildman–Crippen MR) is 97.9 cm³/mol. The molecular weight excluding hydrogens is 450 g/mol. The first-order chi connectivity index (χ1) is 14.8. The van der Waals surface area contributed by atoms with E-state index in [1.807, 2.05) is 5.32 Å². The third-order valence-corrected chi connectivity index (χ3v) is 4.33. The van der Waals surface area contributed by atoms with Crippen molar-refractivity contribution in [3.63, 3.8) is 0 Å². The minimum absolute atomic E-state index is 0.00507. The second-order valence-electron chi connectivity index (χ2n) is 6.60. The Kier molecular flexibility index (Phi) is 5.86. The Bertz CT molecular complexity index is 1150. The molecular formula is C21H11F8NO2. The fraction of sp³-hybridized carbons (Fsp3) is 0.0952. The highest BCUT2D eigenvalue weighted by molar-refractivity contribution is 6.07. The highest BCUT2D eigenvalue weighted by Gasteiger charge is 2.37. The lowest BCUT2D eigenvalue weighted by Crippen LogP contribution is -2.16. The Morgan fingerprint density at radius 2 is 1.38 bits per heavy atom. The molecule has 168 valence electrons. The molecule has 0 aliphatic heterocycles. The van der Waals surface area contributed by atoms with Crippen LogP contribution in [0.25, 0.3) is 11.1 Å². The topological polar surface area (TPSA) is 49.3 Å². The molecule has 32 heavy (non-hydrogen) atoms. The van der Waals surface area contributed by atoms with Crippen molar-refractivity contribution in [1.82, 2.24) is 0 Å². The van der Waals surface area contributed by atoms with Gasteiger partial charge in [-0.15, -0.1) is 0 Å². The Labute approximate surface area is 174 Å². The van der Waals surface area contributed by atoms with E-state index in [1.54, 1.807) is 0 Å². The number of rotatable bonds is 3. The third-order valence-electron chi connectivity index (χ3n) is 4.33. The normalized spacial score (nSPS) is 12.0. The minimum atomic E-state index is -5.12. The molecule has 0 aliphatic carbocycles. The number of phenols is 1. The van der Waals surface area contributed by atoms with Crippen LogP contribution in [0.4, 0.5) is 40.8 Å². The number of phenolic OH excluding ortho intramolecular Hbond substituents is 1. The van der Waals surface area contributed by atoms with Crippen LogP contribution in [-0.2, 0) is 12.4 Å². The van der Waals surface area contributed by atoms with E-state index in [2.05, 4.69) is 0 Å². The summed E-state index contributed by atoms with van der Waals surface area (Å²) in [4.78, 5) is 12.5. The van der Waals surface area contributed by atoms with Crippen molar-refractivity contribution in [1.29, 1.82) is 0 Å². The van der Waals surface area contributed by atoms with Crippen molar-refractivity contribution < 1.29 is 45.0 Å². The molecule has 0 atom stereocenters. The summed E-state index contributed by atoms with van der Waals surface area (Å²) in [5.41, 5.74) is -4.82. The van der Waals surface area contributed by atoms with Gasteiger partial charge in [-0.05, 0) is 48.0 Å². The molecule has 11 heteroatoms. The number of hydrogen-bond acceptors (Lipinski definition) is 2. The lowest BCUT2D eigenvalue weighted by Gasteiger charge is -2.15. The molecule has 3 nitrogen and oxygen atoms in total. The third kappa shape index (κ3) is 4.98. The second kappa shape index (κ2) is 8.13. The molecule has 0 aliphatic rings. The lowest BCUT2D eigenvalue weighted by atomic mass is 10.0. The van der Waals surface area contributed by atoms with Crippen molar-refractivity contribution in [3.05, 3.63) is 82.9 Å². The zero-order chi connectivity index (χ0) is 23.8. The number of halogens is 8. The van der Waals surface area contributed by atoms with E-state index >= 15 is 0 Å². The fourth-order valence-corrected chi connectivity index (χ4v) is 2.83. The molecule has 0 aromatic heterocycles. The van der Waals surface area contributed by atoms with Crippen molar-refractivity contribution >= 4 is 11.6 Å². The zero-order valence-electron chi connectivity index (χ0n) is 15.6. The average Bonchev–Trinajstić information content (AvgIpc) is 2.67. The van der Waals surface area contributed by atoms with Crippen LogP contribution in [-0.4, -0.2) is 11.0 Å². The molecule has 0 heterocycles. The first kappa shape index (κ1) is 23.0. The quantitative estimate of drug-likeness (QED) is 0.431. The maximum atomic E-state index is 14.0. The van der Waals surface area contributed by atoms with Gasteiger partial charge in [0.2, 0.25) is 0 Å². The van der Waals surface area contributed by atoms with Gasteiger partial charge in [-0.1, -0.05) is 6.07 Å². The number of aromatic hydroxyl groups is 1. The summed E-state index contributed by atoms with van der Waals surface area (Å²) in [5, 5.41) is 11.8. The summed E-state index contributed by atoms with van der Waals surface area (Å²) in [6.45, 7) is 0. The largest absolute Gasteiger partial charge is 0.507 e. The van der Waals surface area contributed by atoms with Crippen LogP contribution in [0.3, 0.4) is 0 Å². The zero-order valence-corrected chi connectivity index (χ0v) is 15.6. The summed E-state index contributed by atoms with van der Waals surface area (Å²) in [7, 11) is 0. The van der Waals surface area contributed by atoms with Gasteiger partial charge in [0.05, 0.1) is 16.7 Å². The van der Waals surface area contributed by atoms with Gasteiger partial charge in [-0.3, -0.25) is 4.79 Å². The molecule has 3 aromatic rings. The van der Waals surface area contributed by atoms with E-state index in [-0.39, 0.29) is 17.2 Å². The van der Waals surface area contributed by atoms with Crippen molar-refractivity contribution in [3.8, 4) is 16.9 Å². The SMILES string of the molecule is O=C(Nc1cc(C(F)(F)F)cc(C(F)(F)F)c1)c1cc(-c2ccc(F)cc2F)ccc1O. The van der Waals surface area contributed by atoms with Gasteiger partial charge in [-0.2, -0.15) is 26.3 Å². The molecule has 0 saturated heterocycles. The molecule has 2 N–H and O–H groups in total. The van der Waals surface area contributed by atoms with Crippen LogP contribution in [0, 0.1) is 11.6 Å². The molecule has 1 amide bonds. The summed E-state index contributed by atoms with van der Waals surface area (Å²) in [6.07, 6.45) is -10.2. The van der Waals surface area contributed by atoms with Gasteiger partial charge >= 0.3 is 12.4 Å². The fourth-order valence-electron chi connectivity index (χ4n) is 2.83. The first-order valence-electron chi connectivity index (χ1n) is 8.65. The van der Waals surface area contributed by atoms with Crippen molar-refractivity contribution in [2.45, 2.75) is 12.4 Å². The number of benzene rings is 3. The van der Waals surface area contributed by atoms with Crippen LogP contribution >= 0.6 is 0 Å². The van der Waals surface area contributed by atoms with E-state index in [4.69, 9.17) is 0 Å². The molecule has 0 bridgehead atoms. The standard InChI is InChI=1S/C21H11F8NO2/c22-13-2-3-15(17(23)9-13)10-1-4-18(31)16(5-10)19(32)30-14-7-11(20(24,25)26)6-12(8-14)21(27,28)29/h1-9,31H,(H,30,32). The Morgan fingerprint density at radius 1 is 0.781 bits per heavy atom. The number of alkyl halides is 6. The molecule has 0 fully saturated rings. The van der Waals surface area contributed by atoms with Gasteiger partial charge in [0.15, 0.2) is 0 Å². The van der Waals surface area contributed by atoms with Crippen LogP contribution in [0.2, 0.25) is 0 Å². The molecule has 0 spiro atoms. The molecule has 3 rings (SSSR count). The molecule has 0 radical (unpaired) electrons. The maximum absolute atomic E-state index is 14.0. The van der Waals surface area contributed by atoms with Crippen molar-refractivity contribution in [2.75, 3.05) is 5.32 Å². The number of carbonyl (C=O) groups excluding carboxylic acids is 1. The van der Waals surface area contributed by atoms with Crippen LogP contribution in [0.15, 0.2) is 54.6 Å². The Morgan fingerprint density at radius 3 is 1.91 bits per heavy atom. The lowest BCUT2D eigenvalue weighted by molar-refractivity contribution is -0.143. The van der Waals surface area contributed by atoms with Gasteiger partial charge in [0, 0.05) is 17.3 Å². The number of amides is 1. The van der Waals surface area contributed by atoms with Crippen LogP contribution in [0.5, 0.6) is 5.75 Å². The van der Waals surface area contributed by atoms with Crippen LogP contribution < -0.4 is 5.32 Å². The van der Waals surface area contributed by atoms with E-state index in [9.17, 15) is 45.0 Å². The Balaban J connectivity index is 2.00. The molecule has 3 aromatic carbocycles. The van der Waals surface area contributed by atoms with Crippen LogP contribution in [0.1, 0.15) is 21.5 Å². The smallest absolute Gasteiger partial charge is 0.416 e. The van der Waals surface area contributed by atoms with Gasteiger partial charge in [-0.25, -0.2) is 8.78 Å². The van der Waals surface area contributed by atoms with E-state index in [0.717, 1.165) is 24.3 Å². The minimum Gasteiger partial charge on any atom is -0.507 e. The van der Waals surface area contributed by atoms with Gasteiger partial charge in [0.1, 0.15) is 17.4 Å². The average molecular weight is 461 g/mol. The monoisotopic (exact) mass is 461 g/mol. The first-order valence-corrected chi connectivity index (χ1v) is 8.65. The number of anilines is 1. The summed E-state index contributed by atoms with van der Waals surface area (Å²) >= 11 is 0. The second-order valence-corrected chi connectivity index (χ2v) is 6.60. The summed E-state index contributed by atoms with van der Waals surface area (Å²) in [6, 6.07) is 6.18. The van der Waals surface area contributed by atoms with Gasteiger partial charge in [0.25, 0.3) is 5.91 Å². The predicted octanol–water partition coefficient (Wildman–Crippen LogP) is 6.63. The highest BCUT2D eigenvalue weighted by atomic mass is 19.4. The Hall–Kier alpha value is -3.63. The van der Waals surface area contributed by atoms with E-state index in [1.165, 1.54) is 6.07 Å². The van der Waals surface area contributed by atoms with E-state index in [0.29, 0.717) is 18.2 Å². The molecule has 0 unspecified atom stereocenters. The molecule has 0 saturated carbocycles. The summed E-state index contributed by atoms with van der Waals surface area (Å²) < 4.78 is 105. The maximum Gasteiger partial charge on any atom is 0.416 e. The summed E-state index contributed by atoms with van der Waals surface area (Å²) in [5.74, 6) is -3.78. The van der Waals surface area contributed by atoms with E-state index < -0.39 is 58.0 Å².